The summed E-state index contributed by atoms with van der Waals surface area (Å²) in [4.78, 5) is 30.0. The van der Waals surface area contributed by atoms with Crippen molar-refractivity contribution < 1.29 is 13.6 Å². The van der Waals surface area contributed by atoms with Crippen LogP contribution in [0.15, 0.2) is 23.0 Å². The zero-order chi connectivity index (χ0) is 14.9. The van der Waals surface area contributed by atoms with E-state index < -0.39 is 23.1 Å². The zero-order valence-electron chi connectivity index (χ0n) is 10.8. The van der Waals surface area contributed by atoms with E-state index in [2.05, 4.69) is 15.3 Å². The molecule has 0 spiro atoms. The number of carbonyl (C=O) groups excluding carboxylic acids is 1. The summed E-state index contributed by atoms with van der Waals surface area (Å²) in [5.74, 6) is -2.11. The molecule has 0 atom stereocenters. The van der Waals surface area contributed by atoms with Gasteiger partial charge in [-0.2, -0.15) is 0 Å². The van der Waals surface area contributed by atoms with E-state index in [4.69, 9.17) is 0 Å². The Morgan fingerprint density at radius 2 is 2.00 bits per heavy atom. The van der Waals surface area contributed by atoms with E-state index in [1.165, 1.54) is 6.92 Å². The van der Waals surface area contributed by atoms with Crippen molar-refractivity contribution in [3.05, 3.63) is 57.3 Å². The number of H-pyrrole nitrogens is 1. The molecule has 0 saturated heterocycles. The van der Waals surface area contributed by atoms with E-state index in [1.807, 2.05) is 0 Å². The number of nitrogens with zero attached hydrogens (tertiary/aromatic N) is 1. The fourth-order valence-corrected chi connectivity index (χ4v) is 1.77. The summed E-state index contributed by atoms with van der Waals surface area (Å²) in [6, 6.07) is 2.72. The van der Waals surface area contributed by atoms with Crippen molar-refractivity contribution >= 4 is 11.6 Å². The number of hydrogen-bond donors (Lipinski definition) is 2. The van der Waals surface area contributed by atoms with Crippen molar-refractivity contribution in [3.63, 3.8) is 0 Å². The van der Waals surface area contributed by atoms with Gasteiger partial charge in [-0.05, 0) is 26.0 Å². The minimum atomic E-state index is -0.924. The average Bonchev–Trinajstić information content (AvgIpc) is 2.31. The molecule has 2 N–H and O–H groups in total. The number of aromatic amines is 1. The van der Waals surface area contributed by atoms with Crippen LogP contribution in [0.4, 0.5) is 14.5 Å². The first-order valence-corrected chi connectivity index (χ1v) is 5.72. The zero-order valence-corrected chi connectivity index (χ0v) is 10.8. The molecule has 0 aliphatic carbocycles. The van der Waals surface area contributed by atoms with E-state index in [9.17, 15) is 18.4 Å². The molecule has 0 aliphatic heterocycles. The Morgan fingerprint density at radius 1 is 1.30 bits per heavy atom. The highest BCUT2D eigenvalue weighted by Gasteiger charge is 2.17. The standard InChI is InChI=1S/C13H11F2N3O2/c1-6-11(12(19)17-7(2)16-6)13(20)18-10-4-3-8(14)5-9(10)15/h3-5H,1-2H3,(H,18,20)(H,16,17,19). The number of carbonyl (C=O) groups is 1. The number of aromatic nitrogens is 2. The van der Waals surface area contributed by atoms with E-state index in [-0.39, 0.29) is 16.9 Å². The quantitative estimate of drug-likeness (QED) is 0.881. The molecular formula is C13H11F2N3O2. The Labute approximate surface area is 112 Å². The van der Waals surface area contributed by atoms with Gasteiger partial charge in [0, 0.05) is 6.07 Å². The minimum Gasteiger partial charge on any atom is -0.319 e. The van der Waals surface area contributed by atoms with Crippen molar-refractivity contribution in [1.29, 1.82) is 0 Å². The molecule has 1 aromatic carbocycles. The van der Waals surface area contributed by atoms with Gasteiger partial charge in [0.05, 0.1) is 11.4 Å². The maximum absolute atomic E-state index is 13.4. The van der Waals surface area contributed by atoms with E-state index in [0.717, 1.165) is 12.1 Å². The summed E-state index contributed by atoms with van der Waals surface area (Å²) < 4.78 is 26.2. The molecule has 2 rings (SSSR count). The number of halogens is 2. The molecule has 1 aromatic heterocycles. The van der Waals surface area contributed by atoms with Gasteiger partial charge in [-0.15, -0.1) is 0 Å². The molecule has 5 nitrogen and oxygen atoms in total. The number of hydrogen-bond acceptors (Lipinski definition) is 3. The first-order valence-electron chi connectivity index (χ1n) is 5.72. The van der Waals surface area contributed by atoms with Gasteiger partial charge in [-0.25, -0.2) is 13.8 Å². The Morgan fingerprint density at radius 3 is 2.60 bits per heavy atom. The van der Waals surface area contributed by atoms with Crippen LogP contribution in [0, 0.1) is 25.5 Å². The molecule has 0 aliphatic rings. The summed E-state index contributed by atoms with van der Waals surface area (Å²) in [6.07, 6.45) is 0. The van der Waals surface area contributed by atoms with Crippen molar-refractivity contribution in [1.82, 2.24) is 9.97 Å². The highest BCUT2D eigenvalue weighted by molar-refractivity contribution is 6.04. The molecule has 7 heteroatoms. The predicted octanol–water partition coefficient (Wildman–Crippen LogP) is 1.92. The number of aryl methyl sites for hydroxylation is 2. The van der Waals surface area contributed by atoms with Gasteiger partial charge in [-0.1, -0.05) is 0 Å². The normalized spacial score (nSPS) is 10.4. The molecule has 1 amide bonds. The Hall–Kier alpha value is -2.57. The summed E-state index contributed by atoms with van der Waals surface area (Å²) in [5, 5.41) is 2.21. The number of amides is 1. The molecule has 0 bridgehead atoms. The highest BCUT2D eigenvalue weighted by Crippen LogP contribution is 2.15. The molecule has 104 valence electrons. The first kappa shape index (κ1) is 13.9. The van der Waals surface area contributed by atoms with Gasteiger partial charge >= 0.3 is 0 Å². The van der Waals surface area contributed by atoms with Crippen LogP contribution in [-0.2, 0) is 0 Å². The average molecular weight is 279 g/mol. The van der Waals surface area contributed by atoms with Gasteiger partial charge in [0.25, 0.3) is 11.5 Å². The van der Waals surface area contributed by atoms with Gasteiger partial charge < -0.3 is 10.3 Å². The van der Waals surface area contributed by atoms with Crippen LogP contribution >= 0.6 is 0 Å². The second-order valence-electron chi connectivity index (χ2n) is 4.19. The molecule has 1 heterocycles. The Kier molecular flexibility index (Phi) is 3.60. The van der Waals surface area contributed by atoms with Crippen molar-refractivity contribution in [3.8, 4) is 0 Å². The Balaban J connectivity index is 2.36. The molecule has 0 unspecified atom stereocenters. The third-order valence-electron chi connectivity index (χ3n) is 2.63. The lowest BCUT2D eigenvalue weighted by Gasteiger charge is -2.08. The predicted molar refractivity (Wildman–Crippen MR) is 68.6 cm³/mol. The largest absolute Gasteiger partial charge is 0.319 e. The molecule has 0 radical (unpaired) electrons. The third kappa shape index (κ3) is 2.71. The van der Waals surface area contributed by atoms with Crippen LogP contribution < -0.4 is 10.9 Å². The highest BCUT2D eigenvalue weighted by atomic mass is 19.1. The topological polar surface area (TPSA) is 74.8 Å². The molecule has 0 fully saturated rings. The van der Waals surface area contributed by atoms with Gasteiger partial charge in [0.15, 0.2) is 0 Å². The van der Waals surface area contributed by atoms with Gasteiger partial charge in [0.2, 0.25) is 0 Å². The fraction of sp³-hybridized carbons (Fsp3) is 0.154. The van der Waals surface area contributed by atoms with Crippen molar-refractivity contribution in [2.75, 3.05) is 5.32 Å². The monoisotopic (exact) mass is 279 g/mol. The summed E-state index contributed by atoms with van der Waals surface area (Å²) in [5.41, 5.74) is -0.809. The van der Waals surface area contributed by atoms with Crippen LogP contribution in [0.1, 0.15) is 21.9 Å². The van der Waals surface area contributed by atoms with Crippen LogP contribution in [0.5, 0.6) is 0 Å². The fourth-order valence-electron chi connectivity index (χ4n) is 1.77. The summed E-state index contributed by atoms with van der Waals surface area (Å²) in [6.45, 7) is 3.08. The van der Waals surface area contributed by atoms with Gasteiger partial charge in [-0.3, -0.25) is 9.59 Å². The SMILES string of the molecule is Cc1nc(C)c(C(=O)Nc2ccc(F)cc2F)c(=O)[nH]1. The van der Waals surface area contributed by atoms with E-state index in [0.29, 0.717) is 11.9 Å². The lowest BCUT2D eigenvalue weighted by atomic mass is 10.2. The number of anilines is 1. The first-order chi connectivity index (χ1) is 9.38. The lowest BCUT2D eigenvalue weighted by Crippen LogP contribution is -2.26. The van der Waals surface area contributed by atoms with Crippen LogP contribution in [0.25, 0.3) is 0 Å². The van der Waals surface area contributed by atoms with Crippen LogP contribution in [0.2, 0.25) is 0 Å². The summed E-state index contributed by atoms with van der Waals surface area (Å²) in [7, 11) is 0. The Bertz CT molecular complexity index is 741. The van der Waals surface area contributed by atoms with Gasteiger partial charge in [0.1, 0.15) is 23.0 Å². The van der Waals surface area contributed by atoms with E-state index >= 15 is 0 Å². The molecule has 20 heavy (non-hydrogen) atoms. The second kappa shape index (κ2) is 5.20. The molecule has 0 saturated carbocycles. The maximum atomic E-state index is 13.4. The van der Waals surface area contributed by atoms with E-state index in [1.54, 1.807) is 6.92 Å². The molecular weight excluding hydrogens is 268 g/mol. The second-order valence-corrected chi connectivity index (χ2v) is 4.19. The molecule has 2 aromatic rings. The van der Waals surface area contributed by atoms with Crippen molar-refractivity contribution in [2.45, 2.75) is 13.8 Å². The number of rotatable bonds is 2. The van der Waals surface area contributed by atoms with Crippen LogP contribution in [-0.4, -0.2) is 15.9 Å². The van der Waals surface area contributed by atoms with Crippen LogP contribution in [0.3, 0.4) is 0 Å². The maximum Gasteiger partial charge on any atom is 0.264 e. The minimum absolute atomic E-state index is 0.209. The third-order valence-corrected chi connectivity index (χ3v) is 2.63. The number of nitrogens with one attached hydrogen (secondary N) is 2. The smallest absolute Gasteiger partial charge is 0.264 e. The summed E-state index contributed by atoms with van der Waals surface area (Å²) >= 11 is 0. The van der Waals surface area contributed by atoms with Crippen molar-refractivity contribution in [2.24, 2.45) is 0 Å². The number of benzene rings is 1. The lowest BCUT2D eigenvalue weighted by molar-refractivity contribution is 0.102.